The Kier molecular flexibility index (Phi) is 13.4. The van der Waals surface area contributed by atoms with Crippen LogP contribution in [0.4, 0.5) is 5.69 Å². The van der Waals surface area contributed by atoms with E-state index in [0.29, 0.717) is 24.3 Å². The highest BCUT2D eigenvalue weighted by atomic mass is 32.2. The summed E-state index contributed by atoms with van der Waals surface area (Å²) in [7, 11) is -3.77. The summed E-state index contributed by atoms with van der Waals surface area (Å²) in [6, 6.07) is 14.7. The van der Waals surface area contributed by atoms with Crippen LogP contribution in [0.3, 0.4) is 0 Å². The third kappa shape index (κ3) is 10.9. The zero-order chi connectivity index (χ0) is 33.7. The van der Waals surface area contributed by atoms with Gasteiger partial charge in [-0.3, -0.25) is 4.79 Å². The largest absolute Gasteiger partial charge is 0.478 e. The number of benzene rings is 2. The molecule has 4 rings (SSSR count). The first-order valence-corrected chi connectivity index (χ1v) is 15.1. The lowest BCUT2D eigenvalue weighted by atomic mass is 10.00. The number of carboxylic acid groups (broad SMARTS) is 4. The van der Waals surface area contributed by atoms with Gasteiger partial charge in [-0.2, -0.15) is 0 Å². The smallest absolute Gasteiger partial charge is 0.328 e. The second-order valence-corrected chi connectivity index (χ2v) is 11.6. The number of carboxylic acids is 4. The topological polar surface area (TPSA) is 210 Å². The number of anilines is 1. The van der Waals surface area contributed by atoms with Crippen LogP contribution in [0.25, 0.3) is 0 Å². The molecule has 0 saturated carbocycles. The van der Waals surface area contributed by atoms with Crippen molar-refractivity contribution in [3.05, 3.63) is 84.0 Å². The van der Waals surface area contributed by atoms with E-state index < -0.39 is 39.8 Å². The quantitative estimate of drug-likeness (QED) is 0.289. The monoisotopic (exact) mass is 645 g/mol. The summed E-state index contributed by atoms with van der Waals surface area (Å²) in [5.74, 6) is -5.56. The molecule has 14 nitrogen and oxygen atoms in total. The van der Waals surface area contributed by atoms with Crippen molar-refractivity contribution >= 4 is 45.5 Å². The highest BCUT2D eigenvalue weighted by Crippen LogP contribution is 2.32. The molecule has 0 radical (unpaired) electrons. The van der Waals surface area contributed by atoms with Crippen LogP contribution in [0.1, 0.15) is 35.7 Å². The van der Waals surface area contributed by atoms with Gasteiger partial charge in [-0.25, -0.2) is 31.9 Å². The lowest BCUT2D eigenvalue weighted by Gasteiger charge is -2.35. The molecular formula is C30H35N3O11S. The van der Waals surface area contributed by atoms with E-state index in [1.165, 1.54) is 6.07 Å². The number of rotatable bonds is 9. The first kappa shape index (κ1) is 36.2. The molecule has 2 heterocycles. The summed E-state index contributed by atoms with van der Waals surface area (Å²) in [4.78, 5) is 55.8. The lowest BCUT2D eigenvalue weighted by molar-refractivity contribution is -0.134. The van der Waals surface area contributed by atoms with E-state index in [9.17, 15) is 32.4 Å². The van der Waals surface area contributed by atoms with E-state index in [0.717, 1.165) is 48.3 Å². The molecule has 0 aromatic heterocycles. The van der Waals surface area contributed by atoms with Crippen LogP contribution in [0, 0.1) is 0 Å². The first-order chi connectivity index (χ1) is 21.2. The van der Waals surface area contributed by atoms with Crippen molar-refractivity contribution in [2.24, 2.45) is 0 Å². The number of aliphatic carboxylic acids is 4. The standard InChI is InChI=1S/C22H27N3O3S.2C4H4O4/c1-3-23-11-13-24(14-12-23)19-8-6-7-18(15-19)17(2)16-25-22(26)20-9-4-5-10-21(20)29(25,27)28;2*5-3(6)1-2-4(7)8/h4-10,15,17H,3,11-14,16H2,1-2H3;2*1-2H,(H,5,6)(H,7,8). The summed E-state index contributed by atoms with van der Waals surface area (Å²) in [5, 5.41) is 31.2. The van der Waals surface area contributed by atoms with Crippen LogP contribution < -0.4 is 4.90 Å². The number of amides is 1. The molecule has 242 valence electrons. The predicted octanol–water partition coefficient (Wildman–Crippen LogP) is 2.20. The van der Waals surface area contributed by atoms with Gasteiger partial charge in [0.15, 0.2) is 0 Å². The van der Waals surface area contributed by atoms with Gasteiger partial charge in [0.25, 0.3) is 15.9 Å². The minimum atomic E-state index is -3.77. The fourth-order valence-corrected chi connectivity index (χ4v) is 6.06. The minimum Gasteiger partial charge on any atom is -0.478 e. The maximum Gasteiger partial charge on any atom is 0.328 e. The third-order valence-electron chi connectivity index (χ3n) is 6.71. The number of piperazine rings is 1. The van der Waals surface area contributed by atoms with E-state index in [2.05, 4.69) is 28.9 Å². The van der Waals surface area contributed by atoms with Gasteiger partial charge >= 0.3 is 23.9 Å². The van der Waals surface area contributed by atoms with Crippen LogP contribution in [-0.4, -0.2) is 107 Å². The van der Waals surface area contributed by atoms with Crippen molar-refractivity contribution in [3.63, 3.8) is 0 Å². The SMILES string of the molecule is CCN1CCN(c2cccc(C(C)CN3C(=O)c4ccccc4S3(=O)=O)c2)CC1.O=C(O)C=CC(=O)O.O=C(O)C=CC(=O)O. The fourth-order valence-electron chi connectivity index (χ4n) is 4.40. The number of nitrogens with zero attached hydrogens (tertiary/aromatic N) is 3. The van der Waals surface area contributed by atoms with Gasteiger partial charge in [-0.05, 0) is 42.3 Å². The number of hydrogen-bond acceptors (Lipinski definition) is 9. The summed E-state index contributed by atoms with van der Waals surface area (Å²) < 4.78 is 26.7. The highest BCUT2D eigenvalue weighted by Gasteiger charge is 2.41. The molecule has 1 atom stereocenters. The number of fused-ring (bicyclic) bond motifs is 1. The normalized spacial score (nSPS) is 16.3. The molecule has 1 unspecified atom stereocenters. The van der Waals surface area contributed by atoms with Gasteiger partial charge in [0, 0.05) is 62.7 Å². The van der Waals surface area contributed by atoms with Gasteiger partial charge in [0.1, 0.15) is 4.90 Å². The van der Waals surface area contributed by atoms with Crippen LogP contribution in [0.5, 0.6) is 0 Å². The van der Waals surface area contributed by atoms with Crippen molar-refractivity contribution in [1.82, 2.24) is 9.21 Å². The maximum absolute atomic E-state index is 12.8. The second kappa shape index (κ2) is 16.7. The van der Waals surface area contributed by atoms with Gasteiger partial charge in [-0.1, -0.05) is 38.1 Å². The molecule has 0 bridgehead atoms. The Labute approximate surface area is 260 Å². The molecule has 2 aromatic rings. The molecule has 0 spiro atoms. The van der Waals surface area contributed by atoms with Gasteiger partial charge < -0.3 is 30.2 Å². The van der Waals surface area contributed by atoms with Gasteiger partial charge in [-0.15, -0.1) is 0 Å². The van der Waals surface area contributed by atoms with Crippen LogP contribution in [-0.2, 0) is 29.2 Å². The Hall–Kier alpha value is -5.02. The second-order valence-electron chi connectivity index (χ2n) is 9.77. The molecule has 1 fully saturated rings. The average molecular weight is 646 g/mol. The Bertz CT molecular complexity index is 1500. The maximum atomic E-state index is 12.8. The Balaban J connectivity index is 0.000000365. The van der Waals surface area contributed by atoms with Crippen molar-refractivity contribution < 1.29 is 52.8 Å². The van der Waals surface area contributed by atoms with Crippen LogP contribution in [0.2, 0.25) is 0 Å². The molecular weight excluding hydrogens is 610 g/mol. The van der Waals surface area contributed by atoms with Crippen molar-refractivity contribution in [3.8, 4) is 0 Å². The van der Waals surface area contributed by atoms with E-state index in [-0.39, 0.29) is 22.9 Å². The summed E-state index contributed by atoms with van der Waals surface area (Å²) in [6.45, 7) is 9.45. The molecule has 2 aromatic carbocycles. The van der Waals surface area contributed by atoms with Crippen LogP contribution >= 0.6 is 0 Å². The van der Waals surface area contributed by atoms with Crippen molar-refractivity contribution in [2.45, 2.75) is 24.7 Å². The molecule has 45 heavy (non-hydrogen) atoms. The fraction of sp³-hybridized carbons (Fsp3) is 0.300. The summed E-state index contributed by atoms with van der Waals surface area (Å²) in [5.41, 5.74) is 2.46. The number of likely N-dealkylation sites (N-methyl/N-ethyl adjacent to an activating group) is 1. The van der Waals surface area contributed by atoms with E-state index in [4.69, 9.17) is 20.4 Å². The Morgan fingerprint density at radius 2 is 1.31 bits per heavy atom. The Morgan fingerprint density at radius 3 is 1.78 bits per heavy atom. The highest BCUT2D eigenvalue weighted by molar-refractivity contribution is 7.90. The Morgan fingerprint density at radius 1 is 0.800 bits per heavy atom. The summed E-state index contributed by atoms with van der Waals surface area (Å²) in [6.07, 6.45) is 2.23. The molecule has 1 saturated heterocycles. The van der Waals surface area contributed by atoms with E-state index >= 15 is 0 Å². The predicted molar refractivity (Wildman–Crippen MR) is 163 cm³/mol. The molecule has 2 aliphatic heterocycles. The summed E-state index contributed by atoms with van der Waals surface area (Å²) >= 11 is 0. The number of carbonyl (C=O) groups is 5. The molecule has 4 N–H and O–H groups in total. The van der Waals surface area contributed by atoms with Crippen molar-refractivity contribution in [1.29, 1.82) is 0 Å². The van der Waals surface area contributed by atoms with E-state index in [1.807, 2.05) is 19.1 Å². The minimum absolute atomic E-state index is 0.0973. The van der Waals surface area contributed by atoms with Crippen LogP contribution in [0.15, 0.2) is 77.7 Å². The lowest BCUT2D eigenvalue weighted by Crippen LogP contribution is -2.46. The average Bonchev–Trinajstić information content (AvgIpc) is 3.20. The zero-order valence-electron chi connectivity index (χ0n) is 24.6. The molecule has 2 aliphatic rings. The van der Waals surface area contributed by atoms with Crippen molar-refractivity contribution in [2.75, 3.05) is 44.2 Å². The molecule has 0 aliphatic carbocycles. The van der Waals surface area contributed by atoms with E-state index in [1.54, 1.807) is 18.2 Å². The van der Waals surface area contributed by atoms with Gasteiger partial charge in [0.2, 0.25) is 0 Å². The number of hydrogen-bond donors (Lipinski definition) is 4. The zero-order valence-corrected chi connectivity index (χ0v) is 25.5. The number of sulfonamides is 1. The van der Waals surface area contributed by atoms with Gasteiger partial charge in [0.05, 0.1) is 5.56 Å². The number of carbonyl (C=O) groups excluding carboxylic acids is 1. The first-order valence-electron chi connectivity index (χ1n) is 13.7. The molecule has 15 heteroatoms. The third-order valence-corrected chi connectivity index (χ3v) is 8.52. The molecule has 1 amide bonds.